The van der Waals surface area contributed by atoms with E-state index in [4.69, 9.17) is 9.73 Å². The standard InChI is InChI=1S/C31H40N2O3S/c1-8-10-23-19(4)24(13-14-26(23)36-9-2)28-21(6)29-30-22(12-11-18(3)16-32-30)17-33(37-7)31(29)20(5)25(28)15-27(34)35/h11,13-14,16,20,31H,8-10,12,15,17H2,1-7H3,(H,34,35). The molecule has 2 aliphatic heterocycles. The summed E-state index contributed by atoms with van der Waals surface area (Å²) in [5, 5.41) is 10.0. The molecule has 1 aliphatic carbocycles. The summed E-state index contributed by atoms with van der Waals surface area (Å²) in [5.41, 5.74) is 11.6. The number of carboxylic acid groups (broad SMARTS) is 1. The Morgan fingerprint density at radius 1 is 1.24 bits per heavy atom. The Kier molecular flexibility index (Phi) is 8.49. The Balaban J connectivity index is 2.02. The number of carboxylic acids is 1. The van der Waals surface area contributed by atoms with Gasteiger partial charge in [0.2, 0.25) is 0 Å². The number of benzene rings is 1. The molecule has 1 aromatic rings. The SMILES string of the molecule is CCCc1c(OCC)ccc(C2=C(CC(=O)O)C(C)C3C(=C2C)C2=C(CC=C(C)C=N2)CN3SC)c1C. The van der Waals surface area contributed by atoms with Crippen LogP contribution in [-0.4, -0.2) is 47.0 Å². The summed E-state index contributed by atoms with van der Waals surface area (Å²) >= 11 is 1.74. The third-order valence-electron chi connectivity index (χ3n) is 7.93. The molecule has 0 radical (unpaired) electrons. The zero-order valence-electron chi connectivity index (χ0n) is 23.3. The molecule has 0 amide bonds. The van der Waals surface area contributed by atoms with Crippen LogP contribution in [-0.2, 0) is 11.2 Å². The second kappa shape index (κ2) is 11.4. The lowest BCUT2D eigenvalue weighted by molar-refractivity contribution is -0.136. The average molecular weight is 521 g/mol. The van der Waals surface area contributed by atoms with E-state index >= 15 is 0 Å². The average Bonchev–Trinajstić information content (AvgIpc) is 3.05. The van der Waals surface area contributed by atoms with Crippen LogP contribution < -0.4 is 4.74 Å². The van der Waals surface area contributed by atoms with Crippen molar-refractivity contribution in [2.75, 3.05) is 19.4 Å². The first kappa shape index (κ1) is 27.5. The highest BCUT2D eigenvalue weighted by Gasteiger charge is 2.43. The number of hydrogen-bond acceptors (Lipinski definition) is 5. The van der Waals surface area contributed by atoms with Crippen molar-refractivity contribution in [2.24, 2.45) is 10.9 Å². The fourth-order valence-corrected chi connectivity index (χ4v) is 6.97. The van der Waals surface area contributed by atoms with Gasteiger partial charge in [-0.05, 0) is 109 Å². The molecular formula is C31H40N2O3S. The summed E-state index contributed by atoms with van der Waals surface area (Å²) in [6, 6.07) is 4.30. The molecule has 0 saturated carbocycles. The molecule has 0 spiro atoms. The minimum absolute atomic E-state index is 0.0332. The minimum Gasteiger partial charge on any atom is -0.494 e. The summed E-state index contributed by atoms with van der Waals surface area (Å²) in [7, 11) is 0. The maximum Gasteiger partial charge on any atom is 0.307 e. The van der Waals surface area contributed by atoms with E-state index < -0.39 is 5.97 Å². The van der Waals surface area contributed by atoms with E-state index in [9.17, 15) is 9.90 Å². The van der Waals surface area contributed by atoms with Crippen molar-refractivity contribution in [1.82, 2.24) is 4.31 Å². The van der Waals surface area contributed by atoms with Crippen molar-refractivity contribution >= 4 is 29.7 Å². The van der Waals surface area contributed by atoms with Crippen LogP contribution in [0, 0.1) is 12.8 Å². The number of carbonyl (C=O) groups is 1. The fourth-order valence-electron chi connectivity index (χ4n) is 6.17. The zero-order valence-corrected chi connectivity index (χ0v) is 24.1. The molecular weight excluding hydrogens is 480 g/mol. The molecule has 0 fully saturated rings. The molecule has 0 saturated heterocycles. The van der Waals surface area contributed by atoms with Gasteiger partial charge in [0, 0.05) is 12.8 Å². The van der Waals surface area contributed by atoms with Gasteiger partial charge in [0.05, 0.1) is 24.8 Å². The number of rotatable bonds is 8. The first-order chi connectivity index (χ1) is 17.7. The normalized spacial score (nSPS) is 22.1. The number of nitrogens with zero attached hydrogens (tertiary/aromatic N) is 2. The summed E-state index contributed by atoms with van der Waals surface area (Å²) in [6.07, 6.45) is 9.23. The third-order valence-corrected chi connectivity index (χ3v) is 8.76. The van der Waals surface area contributed by atoms with Crippen molar-refractivity contribution in [3.8, 4) is 5.75 Å². The first-order valence-corrected chi connectivity index (χ1v) is 14.6. The lowest BCUT2D eigenvalue weighted by Gasteiger charge is -2.45. The molecule has 4 rings (SSSR count). The predicted octanol–water partition coefficient (Wildman–Crippen LogP) is 7.18. The van der Waals surface area contributed by atoms with Gasteiger partial charge in [0.1, 0.15) is 5.75 Å². The Hall–Kier alpha value is -2.57. The smallest absolute Gasteiger partial charge is 0.307 e. The van der Waals surface area contributed by atoms with Crippen molar-refractivity contribution in [3.63, 3.8) is 0 Å². The van der Waals surface area contributed by atoms with Gasteiger partial charge in [-0.15, -0.1) is 0 Å². The van der Waals surface area contributed by atoms with E-state index in [0.29, 0.717) is 6.61 Å². The quantitative estimate of drug-likeness (QED) is 0.368. The largest absolute Gasteiger partial charge is 0.494 e. The van der Waals surface area contributed by atoms with Gasteiger partial charge in [-0.2, -0.15) is 0 Å². The van der Waals surface area contributed by atoms with E-state index in [2.05, 4.69) is 63.4 Å². The monoisotopic (exact) mass is 520 g/mol. The predicted molar refractivity (Wildman–Crippen MR) is 155 cm³/mol. The van der Waals surface area contributed by atoms with Crippen LogP contribution in [0.25, 0.3) is 5.57 Å². The second-order valence-electron chi connectivity index (χ2n) is 10.3. The van der Waals surface area contributed by atoms with Gasteiger partial charge in [-0.25, -0.2) is 4.31 Å². The Bertz CT molecular complexity index is 1250. The highest BCUT2D eigenvalue weighted by atomic mass is 32.2. The van der Waals surface area contributed by atoms with Crippen molar-refractivity contribution in [2.45, 2.75) is 73.3 Å². The van der Waals surface area contributed by atoms with E-state index in [1.165, 1.54) is 27.8 Å². The van der Waals surface area contributed by atoms with Crippen LogP contribution in [0.15, 0.2) is 56.8 Å². The van der Waals surface area contributed by atoms with E-state index in [1.807, 2.05) is 13.1 Å². The van der Waals surface area contributed by atoms with E-state index in [-0.39, 0.29) is 18.4 Å². The molecule has 2 atom stereocenters. The molecule has 37 heavy (non-hydrogen) atoms. The third kappa shape index (κ3) is 5.10. The van der Waals surface area contributed by atoms with Gasteiger partial charge in [-0.3, -0.25) is 9.79 Å². The van der Waals surface area contributed by atoms with E-state index in [0.717, 1.165) is 59.5 Å². The van der Waals surface area contributed by atoms with Gasteiger partial charge < -0.3 is 9.84 Å². The molecule has 1 N–H and O–H groups in total. The van der Waals surface area contributed by atoms with Gasteiger partial charge in [0.25, 0.3) is 0 Å². The van der Waals surface area contributed by atoms with Crippen LogP contribution in [0.5, 0.6) is 5.75 Å². The Morgan fingerprint density at radius 2 is 2.00 bits per heavy atom. The molecule has 2 heterocycles. The van der Waals surface area contributed by atoms with Gasteiger partial charge in [-0.1, -0.05) is 44.4 Å². The molecule has 198 valence electrons. The number of ether oxygens (including phenoxy) is 1. The maximum absolute atomic E-state index is 12.2. The van der Waals surface area contributed by atoms with Gasteiger partial charge >= 0.3 is 5.97 Å². The van der Waals surface area contributed by atoms with Crippen LogP contribution >= 0.6 is 11.9 Å². The second-order valence-corrected chi connectivity index (χ2v) is 11.1. The maximum atomic E-state index is 12.2. The Morgan fingerprint density at radius 3 is 2.65 bits per heavy atom. The molecule has 1 aromatic carbocycles. The van der Waals surface area contributed by atoms with Crippen LogP contribution in [0.1, 0.15) is 70.6 Å². The number of fused-ring (bicyclic) bond motifs is 2. The number of aliphatic imine (C=N–C) groups is 1. The van der Waals surface area contributed by atoms with Crippen molar-refractivity contribution in [1.29, 1.82) is 0 Å². The lowest BCUT2D eigenvalue weighted by atomic mass is 9.70. The molecule has 5 nitrogen and oxygen atoms in total. The first-order valence-electron chi connectivity index (χ1n) is 13.4. The van der Waals surface area contributed by atoms with Crippen LogP contribution in [0.4, 0.5) is 0 Å². The summed E-state index contributed by atoms with van der Waals surface area (Å²) in [5.74, 6) is 0.190. The van der Waals surface area contributed by atoms with E-state index in [1.54, 1.807) is 11.9 Å². The molecule has 0 bridgehead atoms. The molecule has 2 unspecified atom stereocenters. The molecule has 0 aromatic heterocycles. The van der Waals surface area contributed by atoms with Crippen molar-refractivity contribution < 1.29 is 14.6 Å². The highest BCUT2D eigenvalue weighted by Crippen LogP contribution is 2.50. The van der Waals surface area contributed by atoms with Crippen LogP contribution in [0.2, 0.25) is 0 Å². The Labute approximate surface area is 226 Å². The summed E-state index contributed by atoms with van der Waals surface area (Å²) in [6.45, 7) is 14.3. The number of aliphatic carboxylic acids is 1. The van der Waals surface area contributed by atoms with Crippen molar-refractivity contribution in [3.05, 3.63) is 68.5 Å². The number of allylic oxidation sites excluding steroid dienone is 4. The molecule has 6 heteroatoms. The fraction of sp³-hybridized carbons (Fsp3) is 0.484. The minimum atomic E-state index is -0.785. The zero-order chi connectivity index (χ0) is 26.9. The lowest BCUT2D eigenvalue weighted by Crippen LogP contribution is -2.45. The number of hydrogen-bond donors (Lipinski definition) is 1. The topological polar surface area (TPSA) is 62.1 Å². The van der Waals surface area contributed by atoms with Crippen LogP contribution in [0.3, 0.4) is 0 Å². The highest BCUT2D eigenvalue weighted by molar-refractivity contribution is 7.96. The summed E-state index contributed by atoms with van der Waals surface area (Å²) < 4.78 is 8.43. The van der Waals surface area contributed by atoms with Gasteiger partial charge in [0.15, 0.2) is 0 Å². The summed E-state index contributed by atoms with van der Waals surface area (Å²) in [4.78, 5) is 17.2. The molecule has 3 aliphatic rings.